The van der Waals surface area contributed by atoms with Gasteiger partial charge < -0.3 is 20.5 Å². The number of nitrogens with one attached hydrogen (secondary N) is 1. The number of para-hydroxylation sites is 1. The number of nitrogens with zero attached hydrogens (tertiary/aromatic N) is 1. The Morgan fingerprint density at radius 3 is 2.67 bits per heavy atom. The highest BCUT2D eigenvalue weighted by molar-refractivity contribution is 6.05. The van der Waals surface area contributed by atoms with Crippen molar-refractivity contribution in [1.82, 2.24) is 4.98 Å². The summed E-state index contributed by atoms with van der Waals surface area (Å²) in [4.78, 5) is 28.3. The van der Waals surface area contributed by atoms with Gasteiger partial charge in [-0.25, -0.2) is 4.79 Å². The van der Waals surface area contributed by atoms with Crippen molar-refractivity contribution in [3.63, 3.8) is 0 Å². The molecule has 3 rings (SSSR count). The van der Waals surface area contributed by atoms with Gasteiger partial charge in [0.25, 0.3) is 5.91 Å². The van der Waals surface area contributed by atoms with Crippen LogP contribution in [0.3, 0.4) is 0 Å². The Labute approximate surface area is 156 Å². The van der Waals surface area contributed by atoms with Crippen molar-refractivity contribution in [2.24, 2.45) is 0 Å². The molecule has 0 aliphatic heterocycles. The Bertz CT molecular complexity index is 974. The lowest BCUT2D eigenvalue weighted by Gasteiger charge is -2.11. The van der Waals surface area contributed by atoms with Crippen LogP contribution < -0.4 is 15.8 Å². The number of fused-ring (bicyclic) bond motifs is 1. The third-order valence-corrected chi connectivity index (χ3v) is 3.80. The fourth-order valence-electron chi connectivity index (χ4n) is 2.53. The molecule has 0 bridgehead atoms. The molecule has 0 saturated carbocycles. The van der Waals surface area contributed by atoms with Crippen LogP contribution in [0.5, 0.6) is 5.75 Å². The lowest BCUT2D eigenvalue weighted by Crippen LogP contribution is -2.20. The Kier molecular flexibility index (Phi) is 5.51. The molecule has 0 atom stereocenters. The molecule has 0 fully saturated rings. The largest absolute Gasteiger partial charge is 0.484 e. The van der Waals surface area contributed by atoms with Crippen molar-refractivity contribution >= 4 is 34.2 Å². The third-order valence-electron chi connectivity index (χ3n) is 3.80. The van der Waals surface area contributed by atoms with Gasteiger partial charge in [0.1, 0.15) is 11.3 Å². The van der Waals surface area contributed by atoms with Crippen LogP contribution in [0.4, 0.5) is 11.4 Å². The second-order valence-electron chi connectivity index (χ2n) is 5.69. The smallest absolute Gasteiger partial charge is 0.341 e. The van der Waals surface area contributed by atoms with E-state index in [4.69, 9.17) is 15.2 Å². The summed E-state index contributed by atoms with van der Waals surface area (Å²) in [7, 11) is 0. The van der Waals surface area contributed by atoms with Gasteiger partial charge in [0.05, 0.1) is 17.8 Å². The first kappa shape index (κ1) is 18.2. The minimum atomic E-state index is -0.532. The van der Waals surface area contributed by atoms with E-state index in [0.717, 1.165) is 0 Å². The van der Waals surface area contributed by atoms with E-state index >= 15 is 0 Å². The van der Waals surface area contributed by atoms with Gasteiger partial charge in [0.15, 0.2) is 6.61 Å². The standard InChI is InChI=1S/C20H19N3O4/c1-2-26-20(25)16-11-22-17-9-8-13(10-15(17)19(16)21)23-18(24)12-27-14-6-4-3-5-7-14/h3-11H,2,12H2,1H3,(H2,21,22)(H,23,24). The number of carbonyl (C=O) groups excluding carboxylic acids is 2. The molecule has 7 heteroatoms. The topological polar surface area (TPSA) is 104 Å². The summed E-state index contributed by atoms with van der Waals surface area (Å²) in [6.45, 7) is 1.83. The Balaban J connectivity index is 1.76. The van der Waals surface area contributed by atoms with Crippen molar-refractivity contribution in [3.05, 3.63) is 60.3 Å². The molecule has 1 amide bonds. The number of ether oxygens (including phenoxy) is 2. The van der Waals surface area contributed by atoms with Crippen molar-refractivity contribution in [2.45, 2.75) is 6.92 Å². The summed E-state index contributed by atoms with van der Waals surface area (Å²) >= 11 is 0. The second kappa shape index (κ2) is 8.18. The quantitative estimate of drug-likeness (QED) is 0.651. The van der Waals surface area contributed by atoms with E-state index in [1.807, 2.05) is 18.2 Å². The molecule has 7 nitrogen and oxygen atoms in total. The molecule has 3 N–H and O–H groups in total. The van der Waals surface area contributed by atoms with Gasteiger partial charge in [-0.15, -0.1) is 0 Å². The SMILES string of the molecule is CCOC(=O)c1cnc2ccc(NC(=O)COc3ccccc3)cc2c1N. The van der Waals surface area contributed by atoms with Gasteiger partial charge in [-0.2, -0.15) is 0 Å². The fraction of sp³-hybridized carbons (Fsp3) is 0.150. The van der Waals surface area contributed by atoms with Crippen molar-refractivity contribution in [2.75, 3.05) is 24.3 Å². The minimum Gasteiger partial charge on any atom is -0.484 e. The van der Waals surface area contributed by atoms with Crippen LogP contribution in [0, 0.1) is 0 Å². The number of hydrogen-bond donors (Lipinski definition) is 2. The van der Waals surface area contributed by atoms with Crippen LogP contribution in [-0.2, 0) is 9.53 Å². The average molecular weight is 365 g/mol. The maximum absolute atomic E-state index is 12.1. The summed E-state index contributed by atoms with van der Waals surface area (Å²) in [6.07, 6.45) is 1.39. The summed E-state index contributed by atoms with van der Waals surface area (Å²) in [5, 5.41) is 3.30. The van der Waals surface area contributed by atoms with Crippen LogP contribution in [0.1, 0.15) is 17.3 Å². The number of amides is 1. The molecule has 2 aromatic carbocycles. The molecule has 0 saturated heterocycles. The molecule has 0 aliphatic carbocycles. The maximum atomic E-state index is 12.1. The third kappa shape index (κ3) is 4.33. The number of esters is 1. The average Bonchev–Trinajstić information content (AvgIpc) is 2.68. The van der Waals surface area contributed by atoms with Crippen LogP contribution in [0.15, 0.2) is 54.7 Å². The Hall–Kier alpha value is -3.61. The van der Waals surface area contributed by atoms with Gasteiger partial charge in [-0.3, -0.25) is 9.78 Å². The van der Waals surface area contributed by atoms with Crippen LogP contribution in [0.2, 0.25) is 0 Å². The molecular weight excluding hydrogens is 346 g/mol. The molecule has 0 spiro atoms. The first-order valence-electron chi connectivity index (χ1n) is 8.41. The minimum absolute atomic E-state index is 0.126. The van der Waals surface area contributed by atoms with Crippen molar-refractivity contribution in [1.29, 1.82) is 0 Å². The first-order valence-corrected chi connectivity index (χ1v) is 8.41. The van der Waals surface area contributed by atoms with Gasteiger partial charge in [-0.05, 0) is 37.3 Å². The molecule has 3 aromatic rings. The monoisotopic (exact) mass is 365 g/mol. The molecule has 0 radical (unpaired) electrons. The first-order chi connectivity index (χ1) is 13.1. The van der Waals surface area contributed by atoms with Gasteiger partial charge in [0.2, 0.25) is 0 Å². The van der Waals surface area contributed by atoms with E-state index in [0.29, 0.717) is 22.3 Å². The van der Waals surface area contributed by atoms with Crippen LogP contribution >= 0.6 is 0 Å². The lowest BCUT2D eigenvalue weighted by molar-refractivity contribution is -0.118. The van der Waals surface area contributed by atoms with E-state index in [1.165, 1.54) is 6.20 Å². The van der Waals surface area contributed by atoms with Crippen LogP contribution in [-0.4, -0.2) is 30.1 Å². The number of aromatic nitrogens is 1. The highest BCUT2D eigenvalue weighted by Crippen LogP contribution is 2.26. The van der Waals surface area contributed by atoms with E-state index < -0.39 is 5.97 Å². The fourth-order valence-corrected chi connectivity index (χ4v) is 2.53. The van der Waals surface area contributed by atoms with Gasteiger partial charge >= 0.3 is 5.97 Å². The Morgan fingerprint density at radius 1 is 1.15 bits per heavy atom. The number of nitrogen functional groups attached to an aromatic ring is 1. The maximum Gasteiger partial charge on any atom is 0.341 e. The normalized spacial score (nSPS) is 10.4. The molecule has 0 aliphatic rings. The molecular formula is C20H19N3O4. The number of anilines is 2. The summed E-state index contributed by atoms with van der Waals surface area (Å²) in [5.74, 6) is -0.236. The number of hydrogen-bond acceptors (Lipinski definition) is 6. The van der Waals surface area contributed by atoms with Gasteiger partial charge in [0, 0.05) is 17.3 Å². The zero-order valence-electron chi connectivity index (χ0n) is 14.8. The number of carbonyl (C=O) groups is 2. The number of nitrogens with two attached hydrogens (primary N) is 1. The van der Waals surface area contributed by atoms with Crippen molar-refractivity contribution < 1.29 is 19.1 Å². The van der Waals surface area contributed by atoms with E-state index in [9.17, 15) is 9.59 Å². The molecule has 0 unspecified atom stereocenters. The predicted octanol–water partition coefficient (Wildman–Crippen LogP) is 3.01. The lowest BCUT2D eigenvalue weighted by atomic mass is 10.1. The predicted molar refractivity (Wildman–Crippen MR) is 103 cm³/mol. The van der Waals surface area contributed by atoms with E-state index in [-0.39, 0.29) is 30.4 Å². The zero-order chi connectivity index (χ0) is 19.2. The summed E-state index contributed by atoms with van der Waals surface area (Å²) in [6, 6.07) is 14.2. The zero-order valence-corrected chi connectivity index (χ0v) is 14.8. The van der Waals surface area contributed by atoms with Crippen molar-refractivity contribution in [3.8, 4) is 5.75 Å². The number of rotatable bonds is 6. The highest BCUT2D eigenvalue weighted by atomic mass is 16.5. The van der Waals surface area contributed by atoms with E-state index in [1.54, 1.807) is 37.3 Å². The summed E-state index contributed by atoms with van der Waals surface area (Å²) < 4.78 is 10.4. The summed E-state index contributed by atoms with van der Waals surface area (Å²) in [5.41, 5.74) is 7.70. The van der Waals surface area contributed by atoms with E-state index in [2.05, 4.69) is 10.3 Å². The van der Waals surface area contributed by atoms with Gasteiger partial charge in [-0.1, -0.05) is 18.2 Å². The number of pyridine rings is 1. The molecule has 138 valence electrons. The molecule has 1 aromatic heterocycles. The molecule has 1 heterocycles. The second-order valence-corrected chi connectivity index (χ2v) is 5.69. The Morgan fingerprint density at radius 2 is 1.93 bits per heavy atom. The number of benzene rings is 2. The van der Waals surface area contributed by atoms with Crippen LogP contribution in [0.25, 0.3) is 10.9 Å². The molecule has 27 heavy (non-hydrogen) atoms. The highest BCUT2D eigenvalue weighted by Gasteiger charge is 2.15.